The summed E-state index contributed by atoms with van der Waals surface area (Å²) in [6.07, 6.45) is 8.90. The van der Waals surface area contributed by atoms with Gasteiger partial charge in [0.25, 0.3) is 5.91 Å². The number of hydrogen-bond donors (Lipinski definition) is 2. The number of halogens is 1. The number of quaternary nitrogens is 1. The Kier molecular flexibility index (Phi) is 6.88. The van der Waals surface area contributed by atoms with E-state index in [4.69, 9.17) is 16.9 Å². The van der Waals surface area contributed by atoms with Crippen molar-refractivity contribution in [3.63, 3.8) is 0 Å². The summed E-state index contributed by atoms with van der Waals surface area (Å²) in [5.41, 5.74) is 1.05. The number of nitrogens with zero attached hydrogens (tertiary/aromatic N) is 1. The first-order valence-corrected chi connectivity index (χ1v) is 8.83. The number of anilines is 1. The summed E-state index contributed by atoms with van der Waals surface area (Å²) in [7, 11) is 0. The van der Waals surface area contributed by atoms with Crippen LogP contribution in [0.25, 0.3) is 0 Å². The fourth-order valence-electron chi connectivity index (χ4n) is 3.12. The van der Waals surface area contributed by atoms with E-state index in [9.17, 15) is 4.79 Å². The number of nitriles is 1. The van der Waals surface area contributed by atoms with Crippen LogP contribution in [0.15, 0.2) is 18.2 Å². The maximum Gasteiger partial charge on any atom is 0.282 e. The highest BCUT2D eigenvalue weighted by Gasteiger charge is 2.22. The average Bonchev–Trinajstić information content (AvgIpc) is 2.50. The van der Waals surface area contributed by atoms with Crippen LogP contribution in [0.1, 0.15) is 57.4 Å². The standard InChI is InChI=1S/C18H24ClN3O/c1-13(21-15-7-5-3-2-4-6-8-15)18(23)22-16-10-9-14(12-20)17(19)11-16/h9-11,13,15,21H,2-8H2,1H3,(H,22,23)/p+1/t13-/m1/s1. The molecule has 0 radical (unpaired) electrons. The van der Waals surface area contributed by atoms with Crippen molar-refractivity contribution in [3.05, 3.63) is 28.8 Å². The first-order valence-electron chi connectivity index (χ1n) is 8.45. The summed E-state index contributed by atoms with van der Waals surface area (Å²) < 4.78 is 0. The van der Waals surface area contributed by atoms with Crippen LogP contribution >= 0.6 is 11.6 Å². The molecule has 0 bridgehead atoms. The third-order valence-corrected chi connectivity index (χ3v) is 4.79. The van der Waals surface area contributed by atoms with Crippen molar-refractivity contribution >= 4 is 23.2 Å². The number of hydrogen-bond acceptors (Lipinski definition) is 2. The molecule has 1 saturated carbocycles. The molecule has 1 aromatic carbocycles. The molecule has 124 valence electrons. The van der Waals surface area contributed by atoms with Crippen LogP contribution in [0.3, 0.4) is 0 Å². The number of amides is 1. The SMILES string of the molecule is C[C@@H]([NH2+]C1CCCCCCC1)C(=O)Nc1ccc(C#N)c(Cl)c1. The molecule has 1 aromatic rings. The van der Waals surface area contributed by atoms with Crippen molar-refractivity contribution in [2.45, 2.75) is 64.0 Å². The molecule has 5 heteroatoms. The highest BCUT2D eigenvalue weighted by Crippen LogP contribution is 2.20. The van der Waals surface area contributed by atoms with Crippen LogP contribution in [-0.4, -0.2) is 18.0 Å². The lowest BCUT2D eigenvalue weighted by Crippen LogP contribution is -2.96. The minimum atomic E-state index is -0.131. The third kappa shape index (κ3) is 5.53. The number of nitrogens with two attached hydrogens (primary N) is 1. The van der Waals surface area contributed by atoms with Crippen molar-refractivity contribution in [3.8, 4) is 6.07 Å². The lowest BCUT2D eigenvalue weighted by molar-refractivity contribution is -0.707. The summed E-state index contributed by atoms with van der Waals surface area (Å²) in [5, 5.41) is 14.3. The molecule has 23 heavy (non-hydrogen) atoms. The van der Waals surface area contributed by atoms with Crippen molar-refractivity contribution in [2.24, 2.45) is 0 Å². The van der Waals surface area contributed by atoms with E-state index in [2.05, 4.69) is 10.6 Å². The van der Waals surface area contributed by atoms with Gasteiger partial charge in [-0.2, -0.15) is 5.26 Å². The molecule has 1 atom stereocenters. The predicted molar refractivity (Wildman–Crippen MR) is 92.3 cm³/mol. The zero-order valence-corrected chi connectivity index (χ0v) is 14.4. The van der Waals surface area contributed by atoms with Gasteiger partial charge in [0.05, 0.1) is 16.6 Å². The van der Waals surface area contributed by atoms with E-state index in [1.165, 1.54) is 44.9 Å². The van der Waals surface area contributed by atoms with E-state index in [-0.39, 0.29) is 11.9 Å². The summed E-state index contributed by atoms with van der Waals surface area (Å²) in [6.45, 7) is 1.94. The van der Waals surface area contributed by atoms with Crippen LogP contribution in [0.5, 0.6) is 0 Å². The van der Waals surface area contributed by atoms with Crippen LogP contribution in [0.2, 0.25) is 5.02 Å². The first kappa shape index (κ1) is 17.8. The van der Waals surface area contributed by atoms with Crippen LogP contribution < -0.4 is 10.6 Å². The van der Waals surface area contributed by atoms with Gasteiger partial charge in [0.15, 0.2) is 6.04 Å². The molecule has 4 nitrogen and oxygen atoms in total. The van der Waals surface area contributed by atoms with Crippen molar-refractivity contribution in [2.75, 3.05) is 5.32 Å². The summed E-state index contributed by atoms with van der Waals surface area (Å²) in [6, 6.07) is 7.39. The van der Waals surface area contributed by atoms with Gasteiger partial charge in [-0.3, -0.25) is 4.79 Å². The van der Waals surface area contributed by atoms with Crippen LogP contribution in [0, 0.1) is 11.3 Å². The van der Waals surface area contributed by atoms with Crippen LogP contribution in [-0.2, 0) is 4.79 Å². The topological polar surface area (TPSA) is 69.5 Å². The first-order chi connectivity index (χ1) is 11.1. The van der Waals surface area contributed by atoms with Gasteiger partial charge in [-0.15, -0.1) is 0 Å². The zero-order chi connectivity index (χ0) is 16.7. The maximum atomic E-state index is 12.4. The van der Waals surface area contributed by atoms with Crippen molar-refractivity contribution in [1.29, 1.82) is 5.26 Å². The molecule has 0 aliphatic heterocycles. The van der Waals surface area contributed by atoms with Gasteiger partial charge in [-0.05, 0) is 50.8 Å². The summed E-state index contributed by atoms with van der Waals surface area (Å²) in [5.74, 6) is -0.0205. The van der Waals surface area contributed by atoms with E-state index >= 15 is 0 Å². The number of nitrogens with one attached hydrogen (secondary N) is 1. The van der Waals surface area contributed by atoms with Gasteiger partial charge >= 0.3 is 0 Å². The third-order valence-electron chi connectivity index (χ3n) is 4.48. The van der Waals surface area contributed by atoms with Gasteiger partial charge in [-0.1, -0.05) is 30.9 Å². The van der Waals surface area contributed by atoms with Gasteiger partial charge in [0, 0.05) is 5.69 Å². The minimum absolute atomic E-state index is 0.0205. The Morgan fingerprint density at radius 2 is 1.96 bits per heavy atom. The van der Waals surface area contributed by atoms with E-state index in [1.54, 1.807) is 18.2 Å². The molecule has 1 aliphatic rings. The zero-order valence-electron chi connectivity index (χ0n) is 13.6. The molecule has 1 amide bonds. The summed E-state index contributed by atoms with van der Waals surface area (Å²) in [4.78, 5) is 12.4. The Hall–Kier alpha value is -1.57. The predicted octanol–water partition coefficient (Wildman–Crippen LogP) is 3.21. The number of carbonyl (C=O) groups is 1. The molecule has 2 rings (SSSR count). The molecule has 0 unspecified atom stereocenters. The fourth-order valence-corrected chi connectivity index (χ4v) is 3.34. The van der Waals surface area contributed by atoms with Gasteiger partial charge in [0.2, 0.25) is 0 Å². The van der Waals surface area contributed by atoms with Crippen LogP contribution in [0.4, 0.5) is 5.69 Å². The Morgan fingerprint density at radius 3 is 2.57 bits per heavy atom. The molecule has 1 aliphatic carbocycles. The van der Waals surface area contributed by atoms with Gasteiger partial charge in [0.1, 0.15) is 6.07 Å². The normalized spacial score (nSPS) is 17.6. The van der Waals surface area contributed by atoms with Gasteiger partial charge < -0.3 is 10.6 Å². The van der Waals surface area contributed by atoms with Gasteiger partial charge in [-0.25, -0.2) is 0 Å². The second-order valence-corrected chi connectivity index (χ2v) is 6.79. The largest absolute Gasteiger partial charge is 0.334 e. The molecular weight excluding hydrogens is 310 g/mol. The molecule has 0 spiro atoms. The Bertz CT molecular complexity index is 574. The smallest absolute Gasteiger partial charge is 0.282 e. The van der Waals surface area contributed by atoms with E-state index in [0.717, 1.165) is 0 Å². The summed E-state index contributed by atoms with van der Waals surface area (Å²) >= 11 is 6.00. The maximum absolute atomic E-state index is 12.4. The molecule has 3 N–H and O–H groups in total. The van der Waals surface area contributed by atoms with E-state index in [1.807, 2.05) is 13.0 Å². The highest BCUT2D eigenvalue weighted by atomic mass is 35.5. The van der Waals surface area contributed by atoms with Crippen molar-refractivity contribution < 1.29 is 10.1 Å². The second-order valence-electron chi connectivity index (χ2n) is 6.38. The molecule has 1 fully saturated rings. The fraction of sp³-hybridized carbons (Fsp3) is 0.556. The lowest BCUT2D eigenvalue weighted by Gasteiger charge is -2.21. The lowest BCUT2D eigenvalue weighted by atomic mass is 9.96. The average molecular weight is 335 g/mol. The molecule has 0 heterocycles. The Morgan fingerprint density at radius 1 is 1.30 bits per heavy atom. The van der Waals surface area contributed by atoms with E-state index in [0.29, 0.717) is 22.3 Å². The Labute approximate surface area is 143 Å². The molecular formula is C18H25ClN3O+. The Balaban J connectivity index is 1.89. The minimum Gasteiger partial charge on any atom is -0.334 e. The van der Waals surface area contributed by atoms with E-state index < -0.39 is 0 Å². The number of carbonyl (C=O) groups excluding carboxylic acids is 1. The second kappa shape index (κ2) is 8.90. The number of rotatable bonds is 4. The van der Waals surface area contributed by atoms with Crippen molar-refractivity contribution in [1.82, 2.24) is 0 Å². The number of benzene rings is 1. The monoisotopic (exact) mass is 334 g/mol. The quantitative estimate of drug-likeness (QED) is 0.887. The highest BCUT2D eigenvalue weighted by molar-refractivity contribution is 6.32. The molecule has 0 saturated heterocycles. The molecule has 0 aromatic heterocycles.